The zero-order chi connectivity index (χ0) is 15.6. The van der Waals surface area contributed by atoms with Gasteiger partial charge in [0, 0.05) is 12.6 Å². The molecule has 1 aliphatic rings. The third kappa shape index (κ3) is 3.84. The van der Waals surface area contributed by atoms with E-state index < -0.39 is 6.10 Å². The van der Waals surface area contributed by atoms with E-state index in [0.717, 1.165) is 29.9 Å². The summed E-state index contributed by atoms with van der Waals surface area (Å²) in [6.45, 7) is 7.98. The number of nitrogens with one attached hydrogen (secondary N) is 1. The Bertz CT molecular complexity index is 510. The molecule has 1 saturated carbocycles. The normalized spacial score (nSPS) is 23.9. The standard InChI is InChI=1S/C16H27N3O2/c1-10-7-6-8-14(9-10)21-13(4)16(20)17-15-11(2)12(3)18-19(15)5/h10,13-14H,6-9H2,1-5H3,(H,17,20)/t10-,13-,14-/m1/s1. The van der Waals surface area contributed by atoms with E-state index in [1.165, 1.54) is 12.8 Å². The molecule has 1 N–H and O–H groups in total. The predicted molar refractivity (Wildman–Crippen MR) is 83.3 cm³/mol. The first-order chi connectivity index (χ1) is 9.88. The van der Waals surface area contributed by atoms with Crippen LogP contribution >= 0.6 is 0 Å². The summed E-state index contributed by atoms with van der Waals surface area (Å²) in [6, 6.07) is 0. The number of ether oxygens (including phenoxy) is 1. The van der Waals surface area contributed by atoms with E-state index in [4.69, 9.17) is 4.74 Å². The van der Waals surface area contributed by atoms with Gasteiger partial charge in [-0.3, -0.25) is 9.48 Å². The second-order valence-corrected chi connectivity index (χ2v) is 6.34. The van der Waals surface area contributed by atoms with Crippen molar-refractivity contribution >= 4 is 11.7 Å². The van der Waals surface area contributed by atoms with Gasteiger partial charge in [-0.25, -0.2) is 0 Å². The van der Waals surface area contributed by atoms with Gasteiger partial charge in [0.15, 0.2) is 0 Å². The first-order valence-electron chi connectivity index (χ1n) is 7.85. The average molecular weight is 293 g/mol. The lowest BCUT2D eigenvalue weighted by Crippen LogP contribution is -2.34. The number of hydrogen-bond acceptors (Lipinski definition) is 3. The summed E-state index contributed by atoms with van der Waals surface area (Å²) < 4.78 is 7.65. The molecule has 0 unspecified atom stereocenters. The lowest BCUT2D eigenvalue weighted by atomic mass is 9.88. The number of nitrogens with zero attached hydrogens (tertiary/aromatic N) is 2. The van der Waals surface area contributed by atoms with E-state index in [2.05, 4.69) is 17.3 Å². The van der Waals surface area contributed by atoms with Gasteiger partial charge in [0.25, 0.3) is 5.91 Å². The van der Waals surface area contributed by atoms with Crippen LogP contribution in [0.2, 0.25) is 0 Å². The molecular formula is C16H27N3O2. The van der Waals surface area contributed by atoms with Crippen LogP contribution in [-0.4, -0.2) is 27.9 Å². The van der Waals surface area contributed by atoms with Crippen molar-refractivity contribution in [1.82, 2.24) is 9.78 Å². The summed E-state index contributed by atoms with van der Waals surface area (Å²) in [5.41, 5.74) is 1.94. The monoisotopic (exact) mass is 293 g/mol. The smallest absolute Gasteiger partial charge is 0.254 e. The zero-order valence-electron chi connectivity index (χ0n) is 13.8. The fourth-order valence-corrected chi connectivity index (χ4v) is 3.01. The van der Waals surface area contributed by atoms with Gasteiger partial charge in [-0.15, -0.1) is 0 Å². The maximum absolute atomic E-state index is 12.3. The molecule has 0 spiro atoms. The lowest BCUT2D eigenvalue weighted by Gasteiger charge is -2.29. The summed E-state index contributed by atoms with van der Waals surface area (Å²) in [5.74, 6) is 1.35. The van der Waals surface area contributed by atoms with E-state index in [1.54, 1.807) is 4.68 Å². The molecule has 1 amide bonds. The Morgan fingerprint density at radius 2 is 2.14 bits per heavy atom. The highest BCUT2D eigenvalue weighted by Crippen LogP contribution is 2.26. The number of aromatic nitrogens is 2. The summed E-state index contributed by atoms with van der Waals surface area (Å²) in [4.78, 5) is 12.3. The van der Waals surface area contributed by atoms with E-state index >= 15 is 0 Å². The van der Waals surface area contributed by atoms with Gasteiger partial charge >= 0.3 is 0 Å². The Morgan fingerprint density at radius 3 is 2.71 bits per heavy atom. The van der Waals surface area contributed by atoms with E-state index in [1.807, 2.05) is 27.8 Å². The predicted octanol–water partition coefficient (Wildman–Crippen LogP) is 2.96. The van der Waals surface area contributed by atoms with Crippen molar-refractivity contribution in [2.45, 2.75) is 65.6 Å². The number of rotatable bonds is 4. The molecule has 5 nitrogen and oxygen atoms in total. The first-order valence-corrected chi connectivity index (χ1v) is 7.85. The Kier molecular flexibility index (Phi) is 5.04. The molecule has 0 radical (unpaired) electrons. The van der Waals surface area contributed by atoms with Crippen LogP contribution in [0, 0.1) is 19.8 Å². The van der Waals surface area contributed by atoms with Crippen LogP contribution in [0.5, 0.6) is 0 Å². The minimum absolute atomic E-state index is 0.0978. The summed E-state index contributed by atoms with van der Waals surface area (Å²) in [5, 5.41) is 7.25. The topological polar surface area (TPSA) is 56.2 Å². The van der Waals surface area contributed by atoms with Crippen molar-refractivity contribution in [2.75, 3.05) is 5.32 Å². The maximum Gasteiger partial charge on any atom is 0.254 e. The van der Waals surface area contributed by atoms with Crippen LogP contribution in [-0.2, 0) is 16.6 Å². The van der Waals surface area contributed by atoms with Crippen LogP contribution in [0.1, 0.15) is 50.8 Å². The number of carbonyl (C=O) groups is 1. The van der Waals surface area contributed by atoms with Gasteiger partial charge in [-0.2, -0.15) is 5.10 Å². The van der Waals surface area contributed by atoms with Gasteiger partial charge in [-0.1, -0.05) is 19.8 Å². The molecule has 1 aromatic heterocycles. The Balaban J connectivity index is 1.93. The molecule has 5 heteroatoms. The number of aryl methyl sites for hydroxylation is 2. The Morgan fingerprint density at radius 1 is 1.43 bits per heavy atom. The van der Waals surface area contributed by atoms with Crippen LogP contribution < -0.4 is 5.32 Å². The molecule has 21 heavy (non-hydrogen) atoms. The van der Waals surface area contributed by atoms with Crippen LogP contribution in [0.3, 0.4) is 0 Å². The van der Waals surface area contributed by atoms with Crippen molar-refractivity contribution in [1.29, 1.82) is 0 Å². The fourth-order valence-electron chi connectivity index (χ4n) is 3.01. The molecular weight excluding hydrogens is 266 g/mol. The highest BCUT2D eigenvalue weighted by Gasteiger charge is 2.25. The lowest BCUT2D eigenvalue weighted by molar-refractivity contribution is -0.131. The van der Waals surface area contributed by atoms with Gasteiger partial charge in [0.2, 0.25) is 0 Å². The van der Waals surface area contributed by atoms with Crippen molar-refractivity contribution < 1.29 is 9.53 Å². The number of hydrogen-bond donors (Lipinski definition) is 1. The summed E-state index contributed by atoms with van der Waals surface area (Å²) in [6.07, 6.45) is 4.36. The van der Waals surface area contributed by atoms with Gasteiger partial charge in [0.1, 0.15) is 11.9 Å². The number of carbonyl (C=O) groups excluding carboxylic acids is 1. The van der Waals surface area contributed by atoms with Crippen molar-refractivity contribution in [3.05, 3.63) is 11.3 Å². The highest BCUT2D eigenvalue weighted by molar-refractivity contribution is 5.93. The van der Waals surface area contributed by atoms with E-state index in [-0.39, 0.29) is 12.0 Å². The minimum Gasteiger partial charge on any atom is -0.365 e. The average Bonchev–Trinajstić information content (AvgIpc) is 2.65. The largest absolute Gasteiger partial charge is 0.365 e. The molecule has 2 rings (SSSR count). The molecule has 118 valence electrons. The summed E-state index contributed by atoms with van der Waals surface area (Å²) >= 11 is 0. The van der Waals surface area contributed by atoms with Gasteiger partial charge < -0.3 is 10.1 Å². The van der Waals surface area contributed by atoms with Crippen LogP contribution in [0.15, 0.2) is 0 Å². The van der Waals surface area contributed by atoms with E-state index in [0.29, 0.717) is 5.92 Å². The van der Waals surface area contributed by atoms with Gasteiger partial charge in [-0.05, 0) is 39.5 Å². The molecule has 0 saturated heterocycles. The van der Waals surface area contributed by atoms with Crippen LogP contribution in [0.25, 0.3) is 0 Å². The molecule has 0 aromatic carbocycles. The Labute approximate surface area is 127 Å². The highest BCUT2D eigenvalue weighted by atomic mass is 16.5. The molecule has 1 heterocycles. The molecule has 0 bridgehead atoms. The zero-order valence-corrected chi connectivity index (χ0v) is 13.8. The number of anilines is 1. The molecule has 0 aliphatic heterocycles. The van der Waals surface area contributed by atoms with Crippen molar-refractivity contribution in [3.63, 3.8) is 0 Å². The van der Waals surface area contributed by atoms with Crippen molar-refractivity contribution in [2.24, 2.45) is 13.0 Å². The third-order valence-electron chi connectivity index (χ3n) is 4.42. The third-order valence-corrected chi connectivity index (χ3v) is 4.42. The first kappa shape index (κ1) is 16.0. The molecule has 3 atom stereocenters. The van der Waals surface area contributed by atoms with Crippen molar-refractivity contribution in [3.8, 4) is 0 Å². The Hall–Kier alpha value is -1.36. The molecule has 1 fully saturated rings. The summed E-state index contributed by atoms with van der Waals surface area (Å²) in [7, 11) is 1.84. The maximum atomic E-state index is 12.3. The SMILES string of the molecule is Cc1nn(C)c(NC(=O)[C@@H](C)O[C@@H]2CCC[C@@H](C)C2)c1C. The second-order valence-electron chi connectivity index (χ2n) is 6.34. The fraction of sp³-hybridized carbons (Fsp3) is 0.750. The van der Waals surface area contributed by atoms with E-state index in [9.17, 15) is 4.79 Å². The molecule has 1 aliphatic carbocycles. The minimum atomic E-state index is -0.435. The number of amides is 1. The quantitative estimate of drug-likeness (QED) is 0.928. The van der Waals surface area contributed by atoms with Crippen LogP contribution in [0.4, 0.5) is 5.82 Å². The second kappa shape index (κ2) is 6.60. The van der Waals surface area contributed by atoms with Gasteiger partial charge in [0.05, 0.1) is 11.8 Å². The molecule has 1 aromatic rings.